The molecule has 118 valence electrons. The van der Waals surface area contributed by atoms with Crippen LogP contribution in [0.15, 0.2) is 0 Å². The van der Waals surface area contributed by atoms with Gasteiger partial charge < -0.3 is 5.32 Å². The molecule has 20 heavy (non-hydrogen) atoms. The Morgan fingerprint density at radius 3 is 2.45 bits per heavy atom. The molecule has 1 atom stereocenters. The normalized spacial score (nSPS) is 26.0. The van der Waals surface area contributed by atoms with Gasteiger partial charge in [0.05, 0.1) is 5.25 Å². The third-order valence-corrected chi connectivity index (χ3v) is 7.03. The first-order chi connectivity index (χ1) is 9.64. The van der Waals surface area contributed by atoms with Gasteiger partial charge in [-0.3, -0.25) is 0 Å². The largest absolute Gasteiger partial charge is 0.316 e. The molecule has 2 rings (SSSR count). The van der Waals surface area contributed by atoms with Gasteiger partial charge in [0.15, 0.2) is 0 Å². The Morgan fingerprint density at radius 1 is 1.10 bits per heavy atom. The molecule has 0 aromatic rings. The summed E-state index contributed by atoms with van der Waals surface area (Å²) in [5, 5.41) is 3.28. The molecule has 1 N–H and O–H groups in total. The third-order valence-electron chi connectivity index (χ3n) is 4.67. The molecule has 1 saturated carbocycles. The maximum absolute atomic E-state index is 12.9. The molecule has 0 bridgehead atoms. The summed E-state index contributed by atoms with van der Waals surface area (Å²) in [6, 6.07) is 0. The fraction of sp³-hybridized carbons (Fsp3) is 1.00. The van der Waals surface area contributed by atoms with E-state index >= 15 is 0 Å². The van der Waals surface area contributed by atoms with Gasteiger partial charge in [0.1, 0.15) is 0 Å². The van der Waals surface area contributed by atoms with E-state index < -0.39 is 10.0 Å². The van der Waals surface area contributed by atoms with E-state index in [0.717, 1.165) is 58.2 Å². The van der Waals surface area contributed by atoms with Crippen molar-refractivity contribution in [1.29, 1.82) is 0 Å². The Kier molecular flexibility index (Phi) is 6.30. The zero-order chi connectivity index (χ0) is 14.4. The fourth-order valence-electron chi connectivity index (χ4n) is 3.51. The predicted molar refractivity (Wildman–Crippen MR) is 83.3 cm³/mol. The molecule has 1 aliphatic carbocycles. The third kappa shape index (κ3) is 4.18. The molecule has 1 heterocycles. The van der Waals surface area contributed by atoms with Crippen molar-refractivity contribution in [2.24, 2.45) is 5.92 Å². The Hall–Kier alpha value is -0.130. The summed E-state index contributed by atoms with van der Waals surface area (Å²) in [6.45, 7) is 5.54. The molecule has 0 radical (unpaired) electrons. The van der Waals surface area contributed by atoms with Crippen molar-refractivity contribution in [3.8, 4) is 0 Å². The molecule has 5 heteroatoms. The van der Waals surface area contributed by atoms with Gasteiger partial charge in [-0.1, -0.05) is 26.2 Å². The molecule has 0 aromatic carbocycles. The van der Waals surface area contributed by atoms with Crippen LogP contribution in [0.25, 0.3) is 0 Å². The molecular formula is C15H30N2O2S. The van der Waals surface area contributed by atoms with Crippen LogP contribution in [-0.4, -0.2) is 44.2 Å². The average molecular weight is 302 g/mol. The van der Waals surface area contributed by atoms with Crippen molar-refractivity contribution in [2.45, 2.75) is 63.5 Å². The lowest BCUT2D eigenvalue weighted by molar-refractivity contribution is 0.287. The first-order valence-corrected chi connectivity index (χ1v) is 9.84. The number of hydrogen-bond acceptors (Lipinski definition) is 3. The average Bonchev–Trinajstić information content (AvgIpc) is 2.49. The van der Waals surface area contributed by atoms with Crippen LogP contribution >= 0.6 is 0 Å². The molecule has 2 aliphatic rings. The van der Waals surface area contributed by atoms with Gasteiger partial charge in [0.2, 0.25) is 10.0 Å². The van der Waals surface area contributed by atoms with Crippen molar-refractivity contribution >= 4 is 10.0 Å². The lowest BCUT2D eigenvalue weighted by atomic mass is 10.00. The van der Waals surface area contributed by atoms with Crippen molar-refractivity contribution in [3.63, 3.8) is 0 Å². The highest BCUT2D eigenvalue weighted by Crippen LogP contribution is 2.27. The minimum atomic E-state index is -3.08. The maximum atomic E-state index is 12.9. The van der Waals surface area contributed by atoms with Crippen molar-refractivity contribution in [3.05, 3.63) is 0 Å². The SMILES string of the molecule is CCCN(CC1CCCNC1)S(=O)(=O)C1CCCCC1. The van der Waals surface area contributed by atoms with E-state index in [1.807, 2.05) is 0 Å². The van der Waals surface area contributed by atoms with Gasteiger partial charge in [-0.15, -0.1) is 0 Å². The van der Waals surface area contributed by atoms with E-state index in [0.29, 0.717) is 12.5 Å². The van der Waals surface area contributed by atoms with Crippen LogP contribution in [-0.2, 0) is 10.0 Å². The van der Waals surface area contributed by atoms with E-state index in [-0.39, 0.29) is 5.25 Å². The van der Waals surface area contributed by atoms with Crippen LogP contribution in [0.5, 0.6) is 0 Å². The smallest absolute Gasteiger partial charge is 0.216 e. The molecule has 0 spiro atoms. The second-order valence-electron chi connectivity index (χ2n) is 6.38. The van der Waals surface area contributed by atoms with E-state index in [1.165, 1.54) is 12.8 Å². The summed E-state index contributed by atoms with van der Waals surface area (Å²) >= 11 is 0. The first kappa shape index (κ1) is 16.2. The first-order valence-electron chi connectivity index (χ1n) is 8.34. The van der Waals surface area contributed by atoms with Crippen LogP contribution in [0.2, 0.25) is 0 Å². The number of hydrogen-bond donors (Lipinski definition) is 1. The standard InChI is InChI=1S/C15H30N2O2S/c1-2-11-17(13-14-7-6-10-16-12-14)20(18,19)15-8-4-3-5-9-15/h14-16H,2-13H2,1H3. The molecule has 1 aliphatic heterocycles. The van der Waals surface area contributed by atoms with Crippen molar-refractivity contribution < 1.29 is 8.42 Å². The zero-order valence-electron chi connectivity index (χ0n) is 12.8. The lowest BCUT2D eigenvalue weighted by Gasteiger charge is -2.33. The van der Waals surface area contributed by atoms with Gasteiger partial charge >= 0.3 is 0 Å². The highest BCUT2D eigenvalue weighted by Gasteiger charge is 2.33. The molecular weight excluding hydrogens is 272 g/mol. The summed E-state index contributed by atoms with van der Waals surface area (Å²) in [7, 11) is -3.08. The zero-order valence-corrected chi connectivity index (χ0v) is 13.6. The van der Waals surface area contributed by atoms with Gasteiger partial charge in [-0.25, -0.2) is 12.7 Å². The van der Waals surface area contributed by atoms with E-state index in [9.17, 15) is 8.42 Å². The monoisotopic (exact) mass is 302 g/mol. The summed E-state index contributed by atoms with van der Waals surface area (Å²) in [4.78, 5) is 0. The summed E-state index contributed by atoms with van der Waals surface area (Å²) < 4.78 is 27.5. The van der Waals surface area contributed by atoms with Crippen LogP contribution in [0.1, 0.15) is 58.3 Å². The van der Waals surface area contributed by atoms with Gasteiger partial charge in [0, 0.05) is 13.1 Å². The molecule has 1 saturated heterocycles. The van der Waals surface area contributed by atoms with Crippen LogP contribution in [0.3, 0.4) is 0 Å². The van der Waals surface area contributed by atoms with E-state index in [4.69, 9.17) is 0 Å². The van der Waals surface area contributed by atoms with E-state index in [1.54, 1.807) is 4.31 Å². The van der Waals surface area contributed by atoms with Gasteiger partial charge in [-0.2, -0.15) is 0 Å². The molecule has 0 amide bonds. The Morgan fingerprint density at radius 2 is 1.85 bits per heavy atom. The van der Waals surface area contributed by atoms with Gasteiger partial charge in [0.25, 0.3) is 0 Å². The minimum absolute atomic E-state index is 0.112. The van der Waals surface area contributed by atoms with E-state index in [2.05, 4.69) is 12.2 Å². The van der Waals surface area contributed by atoms with Gasteiger partial charge in [-0.05, 0) is 51.1 Å². The second kappa shape index (κ2) is 7.76. The predicted octanol–water partition coefficient (Wildman–Crippen LogP) is 2.36. The molecule has 2 fully saturated rings. The Labute approximate surface area is 124 Å². The highest BCUT2D eigenvalue weighted by atomic mass is 32.2. The molecule has 4 nitrogen and oxygen atoms in total. The van der Waals surface area contributed by atoms with Crippen LogP contribution < -0.4 is 5.32 Å². The Bertz CT molecular complexity index is 371. The number of nitrogens with one attached hydrogen (secondary N) is 1. The quantitative estimate of drug-likeness (QED) is 0.819. The van der Waals surface area contributed by atoms with Crippen molar-refractivity contribution in [2.75, 3.05) is 26.2 Å². The maximum Gasteiger partial charge on any atom is 0.216 e. The second-order valence-corrected chi connectivity index (χ2v) is 8.59. The van der Waals surface area contributed by atoms with Crippen LogP contribution in [0, 0.1) is 5.92 Å². The lowest BCUT2D eigenvalue weighted by Crippen LogP contribution is -2.45. The molecule has 1 unspecified atom stereocenters. The topological polar surface area (TPSA) is 49.4 Å². The molecule has 0 aromatic heterocycles. The number of nitrogens with zero attached hydrogens (tertiary/aromatic N) is 1. The summed E-state index contributed by atoms with van der Waals surface area (Å²) in [5.74, 6) is 0.494. The Balaban J connectivity index is 2.01. The fourth-order valence-corrected chi connectivity index (χ4v) is 5.72. The summed E-state index contributed by atoms with van der Waals surface area (Å²) in [5.41, 5.74) is 0. The minimum Gasteiger partial charge on any atom is -0.316 e. The van der Waals surface area contributed by atoms with Crippen molar-refractivity contribution in [1.82, 2.24) is 9.62 Å². The number of sulfonamides is 1. The summed E-state index contributed by atoms with van der Waals surface area (Å²) in [6.07, 6.45) is 8.33. The van der Waals surface area contributed by atoms with Crippen LogP contribution in [0.4, 0.5) is 0 Å². The number of piperidine rings is 1. The highest BCUT2D eigenvalue weighted by molar-refractivity contribution is 7.89. The number of rotatable bonds is 6.